The molecule has 0 aromatic heterocycles. The van der Waals surface area contributed by atoms with E-state index < -0.39 is 0 Å². The largest absolute Gasteiger partial charge is 0.336 e. The van der Waals surface area contributed by atoms with E-state index in [2.05, 4.69) is 56.5 Å². The first-order chi connectivity index (χ1) is 10.5. The van der Waals surface area contributed by atoms with Gasteiger partial charge in [0.05, 0.1) is 6.04 Å². The number of nitrogens with one attached hydrogen (secondary N) is 1. The number of para-hydroxylation sites is 1. The number of carbonyl (C=O) groups excluding carboxylic acids is 1. The van der Waals surface area contributed by atoms with Crippen LogP contribution in [0.25, 0.3) is 0 Å². The number of anilines is 1. The molecule has 3 N–H and O–H groups in total. The number of carbonyl (C=O) groups is 1. The van der Waals surface area contributed by atoms with Crippen molar-refractivity contribution in [2.24, 2.45) is 11.8 Å². The topological polar surface area (TPSA) is 45.7 Å². The van der Waals surface area contributed by atoms with Crippen LogP contribution in [0.3, 0.4) is 0 Å². The monoisotopic (exact) mass is 303 g/mol. The summed E-state index contributed by atoms with van der Waals surface area (Å²) in [5, 5.41) is 5.37. The predicted molar refractivity (Wildman–Crippen MR) is 91.9 cm³/mol. The molecule has 0 aliphatic heterocycles. The van der Waals surface area contributed by atoms with Crippen LogP contribution in [-0.2, 0) is 11.2 Å². The van der Waals surface area contributed by atoms with Crippen LogP contribution in [0.4, 0.5) is 5.69 Å². The molecule has 0 bridgehead atoms. The van der Waals surface area contributed by atoms with Crippen molar-refractivity contribution in [2.75, 3.05) is 11.9 Å². The molecule has 1 amide bonds. The summed E-state index contributed by atoms with van der Waals surface area (Å²) in [6.45, 7) is 9.38. The Morgan fingerprint density at radius 2 is 2.09 bits per heavy atom. The Morgan fingerprint density at radius 3 is 2.82 bits per heavy atom. The fourth-order valence-corrected chi connectivity index (χ4v) is 3.61. The van der Waals surface area contributed by atoms with Gasteiger partial charge in [-0.05, 0) is 49.7 Å². The average Bonchev–Trinajstić information content (AvgIpc) is 2.50. The van der Waals surface area contributed by atoms with Gasteiger partial charge in [-0.15, -0.1) is 0 Å². The van der Waals surface area contributed by atoms with E-state index >= 15 is 0 Å². The quantitative estimate of drug-likeness (QED) is 0.863. The van der Waals surface area contributed by atoms with E-state index in [4.69, 9.17) is 0 Å². The lowest BCUT2D eigenvalue weighted by Gasteiger charge is -2.32. The molecule has 1 aromatic carbocycles. The molecule has 22 heavy (non-hydrogen) atoms. The molecule has 0 saturated heterocycles. The van der Waals surface area contributed by atoms with E-state index in [1.54, 1.807) is 0 Å². The molecule has 3 nitrogen and oxygen atoms in total. The Balaban J connectivity index is 1.91. The zero-order valence-corrected chi connectivity index (χ0v) is 14.5. The number of benzene rings is 1. The van der Waals surface area contributed by atoms with Crippen molar-refractivity contribution in [2.45, 2.75) is 59.4 Å². The van der Waals surface area contributed by atoms with E-state index in [9.17, 15) is 4.79 Å². The van der Waals surface area contributed by atoms with Gasteiger partial charge in [0.15, 0.2) is 6.54 Å². The zero-order valence-electron chi connectivity index (χ0n) is 14.5. The number of amides is 1. The van der Waals surface area contributed by atoms with Crippen LogP contribution in [0.5, 0.6) is 0 Å². The fourth-order valence-electron chi connectivity index (χ4n) is 3.61. The second-order valence-electron chi connectivity index (χ2n) is 6.88. The van der Waals surface area contributed by atoms with Crippen LogP contribution >= 0.6 is 0 Å². The molecule has 1 aliphatic carbocycles. The maximum absolute atomic E-state index is 12.3. The van der Waals surface area contributed by atoms with E-state index in [0.717, 1.165) is 23.6 Å². The molecule has 122 valence electrons. The minimum atomic E-state index is 0.120. The second kappa shape index (κ2) is 7.77. The summed E-state index contributed by atoms with van der Waals surface area (Å²) in [5.74, 6) is 1.60. The van der Waals surface area contributed by atoms with Gasteiger partial charge in [0.1, 0.15) is 0 Å². The first-order valence-corrected chi connectivity index (χ1v) is 8.74. The smallest absolute Gasteiger partial charge is 0.279 e. The molecule has 1 saturated carbocycles. The molecule has 0 radical (unpaired) electrons. The molecule has 1 aliphatic rings. The maximum Gasteiger partial charge on any atom is 0.279 e. The maximum atomic E-state index is 12.3. The Hall–Kier alpha value is -1.35. The average molecular weight is 303 g/mol. The van der Waals surface area contributed by atoms with Gasteiger partial charge in [-0.3, -0.25) is 4.79 Å². The van der Waals surface area contributed by atoms with Crippen molar-refractivity contribution >= 4 is 11.6 Å². The highest BCUT2D eigenvalue weighted by molar-refractivity contribution is 5.93. The zero-order chi connectivity index (χ0) is 16.1. The SMILES string of the molecule is CCc1cccc(C)c1NC(=O)C[NH2+][C@@H]1CCC[C@H](C)[C@@H]1C. The third kappa shape index (κ3) is 4.10. The third-order valence-corrected chi connectivity index (χ3v) is 5.38. The van der Waals surface area contributed by atoms with Gasteiger partial charge < -0.3 is 10.6 Å². The first kappa shape index (κ1) is 17.0. The summed E-state index contributed by atoms with van der Waals surface area (Å²) in [6, 6.07) is 6.80. The predicted octanol–water partition coefficient (Wildman–Crippen LogP) is 2.88. The molecule has 3 atom stereocenters. The number of hydrogen-bond donors (Lipinski definition) is 2. The Kier molecular flexibility index (Phi) is 6.01. The normalized spacial score (nSPS) is 25.0. The summed E-state index contributed by atoms with van der Waals surface area (Å²) in [4.78, 5) is 12.3. The number of nitrogens with two attached hydrogens (primary N) is 1. The van der Waals surface area contributed by atoms with Gasteiger partial charge in [0.25, 0.3) is 5.91 Å². The van der Waals surface area contributed by atoms with Crippen LogP contribution in [-0.4, -0.2) is 18.5 Å². The Bertz CT molecular complexity index is 512. The van der Waals surface area contributed by atoms with E-state index in [0.29, 0.717) is 18.5 Å². The fraction of sp³-hybridized carbons (Fsp3) is 0.632. The second-order valence-corrected chi connectivity index (χ2v) is 6.88. The minimum Gasteiger partial charge on any atom is -0.336 e. The summed E-state index contributed by atoms with van der Waals surface area (Å²) in [5.41, 5.74) is 3.37. The van der Waals surface area contributed by atoms with Crippen LogP contribution in [0.15, 0.2) is 18.2 Å². The van der Waals surface area contributed by atoms with Crippen LogP contribution in [0.1, 0.15) is 51.2 Å². The van der Waals surface area contributed by atoms with Crippen LogP contribution in [0, 0.1) is 18.8 Å². The third-order valence-electron chi connectivity index (χ3n) is 5.38. The van der Waals surface area contributed by atoms with E-state index in [1.807, 2.05) is 0 Å². The van der Waals surface area contributed by atoms with Gasteiger partial charge in [-0.2, -0.15) is 0 Å². The van der Waals surface area contributed by atoms with Gasteiger partial charge in [-0.1, -0.05) is 39.0 Å². The molecular weight excluding hydrogens is 272 g/mol. The van der Waals surface area contributed by atoms with Crippen molar-refractivity contribution < 1.29 is 10.1 Å². The molecule has 0 heterocycles. The lowest BCUT2D eigenvalue weighted by Crippen LogP contribution is -2.93. The molecule has 1 fully saturated rings. The number of hydrogen-bond acceptors (Lipinski definition) is 1. The van der Waals surface area contributed by atoms with E-state index in [1.165, 1.54) is 24.8 Å². The van der Waals surface area contributed by atoms with Gasteiger partial charge in [-0.25, -0.2) is 0 Å². The molecule has 0 spiro atoms. The molecular formula is C19H31N2O+. The lowest BCUT2D eigenvalue weighted by atomic mass is 9.78. The Morgan fingerprint density at radius 1 is 1.32 bits per heavy atom. The van der Waals surface area contributed by atoms with E-state index in [-0.39, 0.29) is 5.91 Å². The minimum absolute atomic E-state index is 0.120. The number of rotatable bonds is 5. The van der Waals surface area contributed by atoms with Crippen LogP contribution < -0.4 is 10.6 Å². The lowest BCUT2D eigenvalue weighted by molar-refractivity contribution is -0.688. The summed E-state index contributed by atoms with van der Waals surface area (Å²) < 4.78 is 0. The van der Waals surface area contributed by atoms with Gasteiger partial charge in [0.2, 0.25) is 0 Å². The summed E-state index contributed by atoms with van der Waals surface area (Å²) in [6.07, 6.45) is 4.81. The molecule has 3 heteroatoms. The van der Waals surface area contributed by atoms with Crippen molar-refractivity contribution in [3.8, 4) is 0 Å². The van der Waals surface area contributed by atoms with Crippen molar-refractivity contribution in [3.63, 3.8) is 0 Å². The molecule has 2 rings (SSSR count). The summed E-state index contributed by atoms with van der Waals surface area (Å²) >= 11 is 0. The molecule has 0 unspecified atom stereocenters. The van der Waals surface area contributed by atoms with Gasteiger partial charge in [0, 0.05) is 11.6 Å². The highest BCUT2D eigenvalue weighted by atomic mass is 16.1. The van der Waals surface area contributed by atoms with Gasteiger partial charge >= 0.3 is 0 Å². The standard InChI is InChI=1S/C19H30N2O/c1-5-16-10-6-9-14(3)19(16)21-18(22)12-20-17-11-7-8-13(2)15(17)4/h6,9-10,13,15,17,20H,5,7-8,11-12H2,1-4H3,(H,21,22)/p+1/t13-,15-,17+/m0/s1. The van der Waals surface area contributed by atoms with Crippen LogP contribution in [0.2, 0.25) is 0 Å². The summed E-state index contributed by atoms with van der Waals surface area (Å²) in [7, 11) is 0. The van der Waals surface area contributed by atoms with Crippen molar-refractivity contribution in [1.29, 1.82) is 0 Å². The first-order valence-electron chi connectivity index (χ1n) is 8.74. The van der Waals surface area contributed by atoms with Crippen molar-refractivity contribution in [1.82, 2.24) is 0 Å². The Labute approximate surface area is 134 Å². The highest BCUT2D eigenvalue weighted by Gasteiger charge is 2.29. The highest BCUT2D eigenvalue weighted by Crippen LogP contribution is 2.27. The number of quaternary nitrogens is 1. The number of aryl methyl sites for hydroxylation is 2. The molecule has 1 aromatic rings. The van der Waals surface area contributed by atoms with Crippen molar-refractivity contribution in [3.05, 3.63) is 29.3 Å².